The molecule has 2 bridgehead atoms. The lowest BCUT2D eigenvalue weighted by Gasteiger charge is -2.38. The number of fused-ring (bicyclic) bond motifs is 2. The zero-order valence-corrected chi connectivity index (χ0v) is 11.1. The Morgan fingerprint density at radius 1 is 1.17 bits per heavy atom. The molecule has 2 saturated heterocycles. The lowest BCUT2D eigenvalue weighted by Crippen LogP contribution is -2.39. The fourth-order valence-electron chi connectivity index (χ4n) is 3.39. The van der Waals surface area contributed by atoms with Gasteiger partial charge >= 0.3 is 0 Å². The molecule has 0 saturated carbocycles. The van der Waals surface area contributed by atoms with Crippen molar-refractivity contribution in [3.63, 3.8) is 0 Å². The summed E-state index contributed by atoms with van der Waals surface area (Å²) in [5, 5.41) is 11.0. The topological polar surface area (TPSA) is 32.7 Å². The lowest BCUT2D eigenvalue weighted by atomic mass is 9.82. The van der Waals surface area contributed by atoms with Gasteiger partial charge in [0.2, 0.25) is 0 Å². The molecular weight excluding hydrogens is 226 g/mol. The maximum absolute atomic E-state index is 11.0. The molecule has 98 valence electrons. The van der Waals surface area contributed by atoms with Crippen LogP contribution in [0.2, 0.25) is 0 Å². The van der Waals surface area contributed by atoms with E-state index in [0.717, 1.165) is 36.9 Å². The van der Waals surface area contributed by atoms with Crippen LogP contribution >= 0.6 is 0 Å². The van der Waals surface area contributed by atoms with Gasteiger partial charge in [-0.3, -0.25) is 0 Å². The first-order valence-electron chi connectivity index (χ1n) is 6.73. The molecule has 2 heterocycles. The van der Waals surface area contributed by atoms with Crippen LogP contribution in [0.5, 0.6) is 0 Å². The SMILES string of the molecule is CN(C)c1ccccc1C1(O)CC2CCC(C1)O2. The monoisotopic (exact) mass is 247 g/mol. The highest BCUT2D eigenvalue weighted by atomic mass is 16.5. The van der Waals surface area contributed by atoms with Crippen molar-refractivity contribution in [2.45, 2.75) is 43.5 Å². The second-order valence-electron chi connectivity index (χ2n) is 5.81. The van der Waals surface area contributed by atoms with E-state index in [-0.39, 0.29) is 12.2 Å². The molecule has 0 amide bonds. The number of para-hydroxylation sites is 1. The summed E-state index contributed by atoms with van der Waals surface area (Å²) >= 11 is 0. The van der Waals surface area contributed by atoms with Gasteiger partial charge in [-0.05, 0) is 18.9 Å². The van der Waals surface area contributed by atoms with E-state index in [1.54, 1.807) is 0 Å². The Balaban J connectivity index is 1.98. The number of benzene rings is 1. The number of ether oxygens (including phenoxy) is 1. The summed E-state index contributed by atoms with van der Waals surface area (Å²) in [5.41, 5.74) is 1.45. The Hall–Kier alpha value is -1.06. The van der Waals surface area contributed by atoms with E-state index >= 15 is 0 Å². The molecule has 0 radical (unpaired) electrons. The van der Waals surface area contributed by atoms with E-state index < -0.39 is 5.60 Å². The molecule has 18 heavy (non-hydrogen) atoms. The van der Waals surface area contributed by atoms with E-state index in [0.29, 0.717) is 0 Å². The number of nitrogens with zero attached hydrogens (tertiary/aromatic N) is 1. The summed E-state index contributed by atoms with van der Waals surface area (Å²) in [6, 6.07) is 8.17. The maximum Gasteiger partial charge on any atom is 0.0965 e. The average Bonchev–Trinajstić information content (AvgIpc) is 2.69. The lowest BCUT2D eigenvalue weighted by molar-refractivity contribution is -0.115. The Morgan fingerprint density at radius 2 is 1.78 bits per heavy atom. The minimum Gasteiger partial charge on any atom is -0.385 e. The van der Waals surface area contributed by atoms with Gasteiger partial charge < -0.3 is 14.7 Å². The molecule has 1 aromatic rings. The predicted molar refractivity (Wildman–Crippen MR) is 71.8 cm³/mol. The molecule has 0 aliphatic carbocycles. The molecule has 3 nitrogen and oxygen atoms in total. The van der Waals surface area contributed by atoms with Crippen LogP contribution in [0.1, 0.15) is 31.2 Å². The summed E-state index contributed by atoms with van der Waals surface area (Å²) in [6.07, 6.45) is 4.13. The minimum atomic E-state index is -0.717. The van der Waals surface area contributed by atoms with E-state index in [1.165, 1.54) is 0 Å². The first kappa shape index (κ1) is 12.0. The van der Waals surface area contributed by atoms with Crippen LogP contribution in [0.25, 0.3) is 0 Å². The molecule has 0 spiro atoms. The van der Waals surface area contributed by atoms with Crippen LogP contribution in [0.15, 0.2) is 24.3 Å². The number of aliphatic hydroxyl groups is 1. The van der Waals surface area contributed by atoms with Gasteiger partial charge in [-0.2, -0.15) is 0 Å². The van der Waals surface area contributed by atoms with Crippen molar-refractivity contribution in [3.8, 4) is 0 Å². The molecule has 2 unspecified atom stereocenters. The maximum atomic E-state index is 11.0. The standard InChI is InChI=1S/C15H21NO2/c1-16(2)14-6-4-3-5-13(14)15(17)9-11-7-8-12(10-15)18-11/h3-6,11-12,17H,7-10H2,1-2H3. The molecular formula is C15H21NO2. The van der Waals surface area contributed by atoms with Gasteiger partial charge in [-0.25, -0.2) is 0 Å². The summed E-state index contributed by atoms with van der Waals surface area (Å²) in [7, 11) is 4.05. The second kappa shape index (κ2) is 4.25. The van der Waals surface area contributed by atoms with Gasteiger partial charge in [0.25, 0.3) is 0 Å². The van der Waals surface area contributed by atoms with Gasteiger partial charge in [0.05, 0.1) is 17.8 Å². The highest BCUT2D eigenvalue weighted by molar-refractivity contribution is 5.55. The van der Waals surface area contributed by atoms with Crippen molar-refractivity contribution in [1.82, 2.24) is 0 Å². The molecule has 2 atom stereocenters. The predicted octanol–water partition coefficient (Wildman–Crippen LogP) is 2.28. The Morgan fingerprint density at radius 3 is 2.39 bits per heavy atom. The van der Waals surface area contributed by atoms with Crippen LogP contribution in [0.4, 0.5) is 5.69 Å². The van der Waals surface area contributed by atoms with Crippen molar-refractivity contribution in [2.24, 2.45) is 0 Å². The molecule has 0 aromatic heterocycles. The van der Waals surface area contributed by atoms with E-state index in [9.17, 15) is 5.11 Å². The first-order chi connectivity index (χ1) is 8.58. The largest absolute Gasteiger partial charge is 0.385 e. The van der Waals surface area contributed by atoms with Crippen LogP contribution in [-0.2, 0) is 10.3 Å². The highest BCUT2D eigenvalue weighted by Crippen LogP contribution is 2.46. The zero-order valence-electron chi connectivity index (χ0n) is 11.1. The van der Waals surface area contributed by atoms with E-state index in [1.807, 2.05) is 26.2 Å². The normalized spacial score (nSPS) is 34.6. The Labute approximate surface area is 108 Å². The van der Waals surface area contributed by atoms with E-state index in [2.05, 4.69) is 17.0 Å². The summed E-state index contributed by atoms with van der Waals surface area (Å²) in [4.78, 5) is 2.07. The fourth-order valence-corrected chi connectivity index (χ4v) is 3.39. The average molecular weight is 247 g/mol. The van der Waals surface area contributed by atoms with Crippen molar-refractivity contribution >= 4 is 5.69 Å². The molecule has 3 heteroatoms. The van der Waals surface area contributed by atoms with Crippen molar-refractivity contribution < 1.29 is 9.84 Å². The summed E-state index contributed by atoms with van der Waals surface area (Å²) in [6.45, 7) is 0. The molecule has 3 rings (SSSR count). The third kappa shape index (κ3) is 1.91. The highest BCUT2D eigenvalue weighted by Gasteiger charge is 2.45. The third-order valence-corrected chi connectivity index (χ3v) is 4.21. The molecule has 1 N–H and O–H groups in total. The number of rotatable bonds is 2. The van der Waals surface area contributed by atoms with Gasteiger partial charge in [-0.1, -0.05) is 18.2 Å². The van der Waals surface area contributed by atoms with E-state index in [4.69, 9.17) is 4.74 Å². The Kier molecular flexibility index (Phi) is 2.83. The van der Waals surface area contributed by atoms with Crippen molar-refractivity contribution in [1.29, 1.82) is 0 Å². The van der Waals surface area contributed by atoms with Crippen LogP contribution in [-0.4, -0.2) is 31.4 Å². The number of hydrogen-bond acceptors (Lipinski definition) is 3. The van der Waals surface area contributed by atoms with Gasteiger partial charge in [0.1, 0.15) is 0 Å². The van der Waals surface area contributed by atoms with Crippen molar-refractivity contribution in [2.75, 3.05) is 19.0 Å². The van der Waals surface area contributed by atoms with Crippen LogP contribution < -0.4 is 4.90 Å². The van der Waals surface area contributed by atoms with Gasteiger partial charge in [0.15, 0.2) is 0 Å². The smallest absolute Gasteiger partial charge is 0.0965 e. The summed E-state index contributed by atoms with van der Waals surface area (Å²) < 4.78 is 5.84. The molecule has 2 aliphatic rings. The zero-order chi connectivity index (χ0) is 12.8. The van der Waals surface area contributed by atoms with Crippen LogP contribution in [0, 0.1) is 0 Å². The molecule has 2 fully saturated rings. The van der Waals surface area contributed by atoms with Crippen molar-refractivity contribution in [3.05, 3.63) is 29.8 Å². The summed E-state index contributed by atoms with van der Waals surface area (Å²) in [5.74, 6) is 0. The second-order valence-corrected chi connectivity index (χ2v) is 5.81. The molecule has 2 aliphatic heterocycles. The van der Waals surface area contributed by atoms with Gasteiger partial charge in [0, 0.05) is 38.2 Å². The third-order valence-electron chi connectivity index (χ3n) is 4.21. The quantitative estimate of drug-likeness (QED) is 0.870. The van der Waals surface area contributed by atoms with Crippen LogP contribution in [0.3, 0.4) is 0 Å². The number of anilines is 1. The molecule has 1 aromatic carbocycles. The first-order valence-corrected chi connectivity index (χ1v) is 6.73. The van der Waals surface area contributed by atoms with Gasteiger partial charge in [-0.15, -0.1) is 0 Å². The fraction of sp³-hybridized carbons (Fsp3) is 0.600. The minimum absolute atomic E-state index is 0.240. The number of hydrogen-bond donors (Lipinski definition) is 1. The Bertz CT molecular complexity index is 432.